The summed E-state index contributed by atoms with van der Waals surface area (Å²) in [5.74, 6) is 6.62. The van der Waals surface area contributed by atoms with E-state index in [-0.39, 0.29) is 0 Å². The summed E-state index contributed by atoms with van der Waals surface area (Å²) in [4.78, 5) is 15.0. The summed E-state index contributed by atoms with van der Waals surface area (Å²) in [5, 5.41) is 3.27. The molecular formula is C18H22N6O. The molecule has 2 aromatic heterocycles. The average molecular weight is 338 g/mol. The number of ether oxygens (including phenoxy) is 1. The van der Waals surface area contributed by atoms with Crippen molar-refractivity contribution in [3.63, 3.8) is 0 Å². The number of nitrogens with two attached hydrogens (primary N) is 1. The van der Waals surface area contributed by atoms with Crippen molar-refractivity contribution in [3.8, 4) is 11.8 Å². The molecule has 0 spiro atoms. The Labute approximate surface area is 147 Å². The van der Waals surface area contributed by atoms with Crippen molar-refractivity contribution in [2.45, 2.75) is 13.0 Å². The van der Waals surface area contributed by atoms with Crippen LogP contribution in [0.3, 0.4) is 0 Å². The van der Waals surface area contributed by atoms with E-state index in [0.717, 1.165) is 44.0 Å². The molecule has 1 fully saturated rings. The Morgan fingerprint density at radius 1 is 1.16 bits per heavy atom. The zero-order valence-corrected chi connectivity index (χ0v) is 14.3. The summed E-state index contributed by atoms with van der Waals surface area (Å²) in [7, 11) is 0. The highest BCUT2D eigenvalue weighted by atomic mass is 16.5. The van der Waals surface area contributed by atoms with Crippen LogP contribution >= 0.6 is 0 Å². The number of hydrogen-bond donors (Lipinski definition) is 2. The van der Waals surface area contributed by atoms with Gasteiger partial charge in [-0.3, -0.25) is 9.88 Å². The molecule has 1 unspecified atom stereocenters. The second-order valence-corrected chi connectivity index (χ2v) is 5.93. The van der Waals surface area contributed by atoms with Crippen molar-refractivity contribution in [3.05, 3.63) is 42.0 Å². The Kier molecular flexibility index (Phi) is 5.77. The number of hydrogen-bond acceptors (Lipinski definition) is 7. The smallest absolute Gasteiger partial charge is 0.222 e. The van der Waals surface area contributed by atoms with Crippen molar-refractivity contribution < 1.29 is 4.74 Å². The van der Waals surface area contributed by atoms with Crippen LogP contribution in [0.2, 0.25) is 0 Å². The summed E-state index contributed by atoms with van der Waals surface area (Å²) in [5.41, 5.74) is 7.79. The third-order valence-corrected chi connectivity index (χ3v) is 3.99. The molecule has 1 aliphatic rings. The van der Waals surface area contributed by atoms with Crippen LogP contribution in [0.4, 0.5) is 11.6 Å². The topological polar surface area (TPSA) is 89.2 Å². The zero-order valence-electron chi connectivity index (χ0n) is 14.3. The minimum Gasteiger partial charge on any atom is -0.397 e. The van der Waals surface area contributed by atoms with Crippen LogP contribution in [-0.2, 0) is 4.74 Å². The molecule has 2 aromatic rings. The molecule has 1 atom stereocenters. The summed E-state index contributed by atoms with van der Waals surface area (Å²) in [6, 6.07) is 2.19. The fraction of sp³-hybridized carbons (Fsp3) is 0.389. The lowest BCUT2D eigenvalue weighted by atomic mass is 10.2. The normalized spacial score (nSPS) is 15.9. The molecule has 3 N–H and O–H groups in total. The highest BCUT2D eigenvalue weighted by molar-refractivity contribution is 5.47. The van der Waals surface area contributed by atoms with Crippen molar-refractivity contribution in [1.29, 1.82) is 0 Å². The van der Waals surface area contributed by atoms with E-state index < -0.39 is 0 Å². The zero-order chi connectivity index (χ0) is 17.5. The lowest BCUT2D eigenvalue weighted by Gasteiger charge is -2.32. The molecular weight excluding hydrogens is 316 g/mol. The average Bonchev–Trinajstić information content (AvgIpc) is 2.66. The van der Waals surface area contributed by atoms with E-state index in [2.05, 4.69) is 43.9 Å². The molecule has 0 aliphatic carbocycles. The van der Waals surface area contributed by atoms with E-state index in [4.69, 9.17) is 10.5 Å². The first-order chi connectivity index (χ1) is 12.2. The molecule has 1 aliphatic heterocycles. The van der Waals surface area contributed by atoms with Gasteiger partial charge in [-0.25, -0.2) is 9.97 Å². The number of nitrogens with zero attached hydrogens (tertiary/aromatic N) is 4. The summed E-state index contributed by atoms with van der Waals surface area (Å²) >= 11 is 0. The van der Waals surface area contributed by atoms with Gasteiger partial charge in [0.2, 0.25) is 5.95 Å². The standard InChI is InChI=1S/C18H22N6O/c1-14(24-4-6-25-7-5-24)9-21-18-22-11-16(12-23-18)3-2-15-8-17(19)13-20-10-15/h8,10-14H,4-7,9,19H2,1H3,(H,21,22,23). The van der Waals surface area contributed by atoms with Crippen molar-refractivity contribution in [2.75, 3.05) is 43.9 Å². The van der Waals surface area contributed by atoms with E-state index in [9.17, 15) is 0 Å². The van der Waals surface area contributed by atoms with E-state index in [1.807, 2.05) is 0 Å². The Morgan fingerprint density at radius 2 is 1.88 bits per heavy atom. The maximum atomic E-state index is 5.69. The predicted octanol–water partition coefficient (Wildman–Crippen LogP) is 0.986. The van der Waals surface area contributed by atoms with E-state index in [1.54, 1.807) is 30.9 Å². The Morgan fingerprint density at radius 3 is 2.60 bits per heavy atom. The van der Waals surface area contributed by atoms with Crippen LogP contribution in [0.5, 0.6) is 0 Å². The maximum absolute atomic E-state index is 5.69. The van der Waals surface area contributed by atoms with Gasteiger partial charge >= 0.3 is 0 Å². The van der Waals surface area contributed by atoms with Gasteiger partial charge in [0.1, 0.15) is 0 Å². The number of aromatic nitrogens is 3. The van der Waals surface area contributed by atoms with Crippen LogP contribution in [0, 0.1) is 11.8 Å². The first-order valence-corrected chi connectivity index (χ1v) is 8.31. The lowest BCUT2D eigenvalue weighted by molar-refractivity contribution is 0.0227. The fourth-order valence-corrected chi connectivity index (χ4v) is 2.54. The molecule has 0 radical (unpaired) electrons. The Hall–Kier alpha value is -2.69. The lowest BCUT2D eigenvalue weighted by Crippen LogP contribution is -2.45. The van der Waals surface area contributed by atoms with Gasteiger partial charge in [0.25, 0.3) is 0 Å². The SMILES string of the molecule is CC(CNc1ncc(C#Cc2cncc(N)c2)cn1)N1CCOCC1. The fourth-order valence-electron chi connectivity index (χ4n) is 2.54. The van der Waals surface area contributed by atoms with Gasteiger partial charge in [0, 0.05) is 56.0 Å². The van der Waals surface area contributed by atoms with Crippen LogP contribution in [0.15, 0.2) is 30.9 Å². The van der Waals surface area contributed by atoms with Crippen molar-refractivity contribution in [1.82, 2.24) is 19.9 Å². The highest BCUT2D eigenvalue weighted by Crippen LogP contribution is 2.06. The van der Waals surface area contributed by atoms with Gasteiger partial charge < -0.3 is 15.8 Å². The Bertz CT molecular complexity index is 746. The van der Waals surface area contributed by atoms with Crippen molar-refractivity contribution in [2.24, 2.45) is 0 Å². The first-order valence-electron chi connectivity index (χ1n) is 8.31. The van der Waals surface area contributed by atoms with Gasteiger partial charge in [0.15, 0.2) is 0 Å². The molecule has 25 heavy (non-hydrogen) atoms. The molecule has 0 aromatic carbocycles. The van der Waals surface area contributed by atoms with Gasteiger partial charge in [-0.15, -0.1) is 0 Å². The third-order valence-electron chi connectivity index (χ3n) is 3.99. The summed E-state index contributed by atoms with van der Waals surface area (Å²) in [6.07, 6.45) is 6.68. The number of rotatable bonds is 4. The van der Waals surface area contributed by atoms with Gasteiger partial charge in [-0.1, -0.05) is 11.8 Å². The number of anilines is 2. The molecule has 3 heterocycles. The van der Waals surface area contributed by atoms with E-state index in [1.165, 1.54) is 0 Å². The number of pyridine rings is 1. The molecule has 130 valence electrons. The molecule has 7 nitrogen and oxygen atoms in total. The highest BCUT2D eigenvalue weighted by Gasteiger charge is 2.16. The summed E-state index contributed by atoms with van der Waals surface area (Å²) in [6.45, 7) is 6.53. The minimum absolute atomic E-state index is 0.406. The molecule has 0 amide bonds. The Balaban J connectivity index is 1.53. The predicted molar refractivity (Wildman–Crippen MR) is 97.0 cm³/mol. The molecule has 0 bridgehead atoms. The van der Waals surface area contributed by atoms with Crippen LogP contribution in [0.1, 0.15) is 18.1 Å². The van der Waals surface area contributed by atoms with E-state index in [0.29, 0.717) is 17.7 Å². The second kappa shape index (κ2) is 8.42. The minimum atomic E-state index is 0.406. The quantitative estimate of drug-likeness (QED) is 0.804. The largest absolute Gasteiger partial charge is 0.397 e. The number of nitrogens with one attached hydrogen (secondary N) is 1. The van der Waals surface area contributed by atoms with Gasteiger partial charge in [0.05, 0.1) is 24.5 Å². The molecule has 1 saturated heterocycles. The van der Waals surface area contributed by atoms with E-state index >= 15 is 0 Å². The van der Waals surface area contributed by atoms with Crippen molar-refractivity contribution >= 4 is 11.6 Å². The van der Waals surface area contributed by atoms with Crippen LogP contribution < -0.4 is 11.1 Å². The number of nitrogen functional groups attached to an aromatic ring is 1. The number of morpholine rings is 1. The third kappa shape index (κ3) is 5.14. The van der Waals surface area contributed by atoms with Crippen LogP contribution in [0.25, 0.3) is 0 Å². The van der Waals surface area contributed by atoms with Gasteiger partial charge in [-0.2, -0.15) is 0 Å². The first kappa shape index (κ1) is 17.1. The maximum Gasteiger partial charge on any atom is 0.222 e. The van der Waals surface area contributed by atoms with Gasteiger partial charge in [-0.05, 0) is 13.0 Å². The summed E-state index contributed by atoms with van der Waals surface area (Å²) < 4.78 is 5.38. The monoisotopic (exact) mass is 338 g/mol. The molecule has 3 rings (SSSR count). The molecule has 0 saturated carbocycles. The second-order valence-electron chi connectivity index (χ2n) is 5.93. The molecule has 7 heteroatoms. The van der Waals surface area contributed by atoms with Crippen LogP contribution in [-0.4, -0.2) is 58.7 Å².